The van der Waals surface area contributed by atoms with Gasteiger partial charge in [0.1, 0.15) is 17.5 Å². The van der Waals surface area contributed by atoms with Crippen LogP contribution in [0.15, 0.2) is 59.5 Å². The fraction of sp³-hybridized carbons (Fsp3) is 0.345. The van der Waals surface area contributed by atoms with Gasteiger partial charge < -0.3 is 24.6 Å². The molecule has 13 heteroatoms. The third kappa shape index (κ3) is 8.98. The van der Waals surface area contributed by atoms with Gasteiger partial charge in [0.25, 0.3) is 5.56 Å². The molecule has 3 aromatic rings. The van der Waals surface area contributed by atoms with Crippen LogP contribution in [0.2, 0.25) is 5.02 Å². The molecule has 2 N–H and O–H groups in total. The lowest BCUT2D eigenvalue weighted by Gasteiger charge is -2.24. The van der Waals surface area contributed by atoms with E-state index in [1.165, 1.54) is 55.8 Å². The van der Waals surface area contributed by atoms with Crippen molar-refractivity contribution in [1.82, 2.24) is 4.57 Å². The van der Waals surface area contributed by atoms with Crippen molar-refractivity contribution in [3.8, 4) is 22.6 Å². The summed E-state index contributed by atoms with van der Waals surface area (Å²) in [5, 5.41) is 12.0. The average molecular weight is 611 g/mol. The van der Waals surface area contributed by atoms with Crippen LogP contribution in [-0.4, -0.2) is 53.7 Å². The van der Waals surface area contributed by atoms with E-state index >= 15 is 0 Å². The maximum absolute atomic E-state index is 13.4. The molecule has 0 aliphatic rings. The number of carbonyl (C=O) groups is 2. The average Bonchev–Trinajstić information content (AvgIpc) is 2.89. The molecule has 0 radical (unpaired) electrons. The van der Waals surface area contributed by atoms with E-state index in [1.54, 1.807) is 0 Å². The number of anilines is 1. The molecule has 3 rings (SSSR count). The van der Waals surface area contributed by atoms with Crippen molar-refractivity contribution < 1.29 is 42.1 Å². The number of benzene rings is 2. The van der Waals surface area contributed by atoms with Crippen molar-refractivity contribution in [3.05, 3.63) is 75.7 Å². The van der Waals surface area contributed by atoms with Gasteiger partial charge in [0.15, 0.2) is 6.61 Å². The summed E-state index contributed by atoms with van der Waals surface area (Å²) in [6.07, 6.45) is -3.26. The Bertz CT molecular complexity index is 1480. The number of ether oxygens (including phenoxy) is 3. The van der Waals surface area contributed by atoms with E-state index in [9.17, 15) is 27.6 Å². The second-order valence-electron chi connectivity index (χ2n) is 10.2. The molecule has 226 valence electrons. The summed E-state index contributed by atoms with van der Waals surface area (Å²) in [5.74, 6) is -1.83. The third-order valence-corrected chi connectivity index (χ3v) is 6.09. The Balaban J connectivity index is 2.04. The highest BCUT2D eigenvalue weighted by Gasteiger charge is 2.30. The quantitative estimate of drug-likeness (QED) is 0.265. The zero-order chi connectivity index (χ0) is 31.2. The van der Waals surface area contributed by atoms with E-state index in [2.05, 4.69) is 5.32 Å². The number of carboxylic acid groups (broad SMARTS) is 1. The number of pyridine rings is 1. The molecule has 42 heavy (non-hydrogen) atoms. The molecule has 0 bridgehead atoms. The lowest BCUT2D eigenvalue weighted by Crippen LogP contribution is -2.34. The smallest absolute Gasteiger partial charge is 0.422 e. The second kappa shape index (κ2) is 13.3. The van der Waals surface area contributed by atoms with Gasteiger partial charge in [-0.1, -0.05) is 11.6 Å². The monoisotopic (exact) mass is 610 g/mol. The van der Waals surface area contributed by atoms with Gasteiger partial charge in [-0.3, -0.25) is 14.2 Å². The minimum Gasteiger partial charge on any atom is -0.495 e. The molecule has 9 nitrogen and oxygen atoms in total. The molecular formula is C29H30ClF3N2O7. The van der Waals surface area contributed by atoms with E-state index < -0.39 is 41.9 Å². The standard InChI is InChI=1S/C29H30ClF3N2O7/c1-28(2,3)42-12-11-22(26(37)34-19-8-5-17(6-9-19)27(38)39)35-15-24(40-4)21(14-25(35)36)20-13-18(30)7-10-23(20)41-16-29(31,32)33/h5-10,13-15,22H,11-12,16H2,1-4H3,(H,34,37)(H,38,39). The molecule has 2 aromatic carbocycles. The molecule has 1 aromatic heterocycles. The first-order valence-electron chi connectivity index (χ1n) is 12.7. The normalized spacial score (nSPS) is 12.5. The number of hydrogen-bond donors (Lipinski definition) is 2. The van der Waals surface area contributed by atoms with E-state index in [0.717, 1.165) is 10.6 Å². The van der Waals surface area contributed by atoms with Crippen LogP contribution in [0, 0.1) is 0 Å². The van der Waals surface area contributed by atoms with E-state index in [-0.39, 0.29) is 46.2 Å². The van der Waals surface area contributed by atoms with Crippen LogP contribution in [0.4, 0.5) is 18.9 Å². The fourth-order valence-electron chi connectivity index (χ4n) is 3.94. The molecule has 0 saturated carbocycles. The van der Waals surface area contributed by atoms with Crippen molar-refractivity contribution in [2.45, 2.75) is 45.0 Å². The second-order valence-corrected chi connectivity index (χ2v) is 10.6. The van der Waals surface area contributed by atoms with E-state index in [1.807, 2.05) is 20.8 Å². The van der Waals surface area contributed by atoms with Crippen LogP contribution in [0.1, 0.15) is 43.6 Å². The number of carboxylic acids is 1. The summed E-state index contributed by atoms with van der Waals surface area (Å²) >= 11 is 6.11. The molecule has 0 saturated heterocycles. The molecule has 0 spiro atoms. The first kappa shape index (κ1) is 32.5. The number of nitrogens with zero attached hydrogens (tertiary/aromatic N) is 1. The topological polar surface area (TPSA) is 116 Å². The Labute approximate surface area is 244 Å². The molecule has 0 aliphatic carbocycles. The summed E-state index contributed by atoms with van der Waals surface area (Å²) in [5.41, 5.74) is -0.673. The molecule has 1 atom stereocenters. The number of alkyl halides is 3. The Morgan fingerprint density at radius 1 is 1.02 bits per heavy atom. The Hall–Kier alpha value is -4.03. The zero-order valence-corrected chi connectivity index (χ0v) is 24.0. The summed E-state index contributed by atoms with van der Waals surface area (Å²) < 4.78 is 56.0. The van der Waals surface area contributed by atoms with E-state index in [4.69, 9.17) is 30.9 Å². The lowest BCUT2D eigenvalue weighted by molar-refractivity contribution is -0.153. The van der Waals surface area contributed by atoms with Crippen molar-refractivity contribution in [1.29, 1.82) is 0 Å². The SMILES string of the molecule is COc1cn(C(CCOC(C)(C)C)C(=O)Nc2ccc(C(=O)O)cc2)c(=O)cc1-c1cc(Cl)ccc1OCC(F)(F)F. The molecule has 1 heterocycles. The van der Waals surface area contributed by atoms with Gasteiger partial charge in [-0.2, -0.15) is 13.2 Å². The number of hydrogen-bond acceptors (Lipinski definition) is 6. The Morgan fingerprint density at radius 3 is 2.24 bits per heavy atom. The number of nitrogens with one attached hydrogen (secondary N) is 1. The third-order valence-electron chi connectivity index (χ3n) is 5.85. The van der Waals surface area contributed by atoms with Crippen LogP contribution in [0.3, 0.4) is 0 Å². The zero-order valence-electron chi connectivity index (χ0n) is 23.3. The number of carbonyl (C=O) groups excluding carboxylic acids is 1. The molecule has 0 fully saturated rings. The van der Waals surface area contributed by atoms with Crippen LogP contribution in [0.5, 0.6) is 11.5 Å². The first-order valence-corrected chi connectivity index (χ1v) is 13.0. The number of halogens is 4. The first-order chi connectivity index (χ1) is 19.6. The number of methoxy groups -OCH3 is 1. The van der Waals surface area contributed by atoms with Gasteiger partial charge in [0.05, 0.1) is 24.5 Å². The van der Waals surface area contributed by atoms with Gasteiger partial charge in [0.2, 0.25) is 5.91 Å². The highest BCUT2D eigenvalue weighted by molar-refractivity contribution is 6.31. The molecular weight excluding hydrogens is 581 g/mol. The summed E-state index contributed by atoms with van der Waals surface area (Å²) in [6, 6.07) is 9.44. The van der Waals surface area contributed by atoms with Crippen LogP contribution in [-0.2, 0) is 9.53 Å². The van der Waals surface area contributed by atoms with Gasteiger partial charge in [-0.25, -0.2) is 4.79 Å². The van der Waals surface area contributed by atoms with Gasteiger partial charge >= 0.3 is 12.1 Å². The molecule has 1 amide bonds. The summed E-state index contributed by atoms with van der Waals surface area (Å²) in [4.78, 5) is 38.0. The number of amides is 1. The van der Waals surface area contributed by atoms with Crippen molar-refractivity contribution in [2.75, 3.05) is 25.6 Å². The van der Waals surface area contributed by atoms with Crippen LogP contribution in [0.25, 0.3) is 11.1 Å². The maximum Gasteiger partial charge on any atom is 0.422 e. The van der Waals surface area contributed by atoms with Gasteiger partial charge in [0, 0.05) is 40.9 Å². The predicted octanol–water partition coefficient (Wildman–Crippen LogP) is 6.20. The summed E-state index contributed by atoms with van der Waals surface area (Å²) in [7, 11) is 1.30. The molecule has 1 unspecified atom stereocenters. The molecule has 0 aliphatic heterocycles. The van der Waals surface area contributed by atoms with Crippen molar-refractivity contribution in [2.24, 2.45) is 0 Å². The van der Waals surface area contributed by atoms with Gasteiger partial charge in [-0.15, -0.1) is 0 Å². The minimum atomic E-state index is -4.60. The highest BCUT2D eigenvalue weighted by Crippen LogP contribution is 2.38. The predicted molar refractivity (Wildman–Crippen MR) is 151 cm³/mol. The minimum absolute atomic E-state index is 0.0271. The number of aromatic carboxylic acids is 1. The Morgan fingerprint density at radius 2 is 1.67 bits per heavy atom. The largest absolute Gasteiger partial charge is 0.495 e. The van der Waals surface area contributed by atoms with Crippen LogP contribution >= 0.6 is 11.6 Å². The Kier molecular flexibility index (Phi) is 10.3. The maximum atomic E-state index is 13.4. The van der Waals surface area contributed by atoms with E-state index in [0.29, 0.717) is 5.69 Å². The summed E-state index contributed by atoms with van der Waals surface area (Å²) in [6.45, 7) is 4.03. The fourth-order valence-corrected chi connectivity index (χ4v) is 4.11. The highest BCUT2D eigenvalue weighted by atomic mass is 35.5. The lowest BCUT2D eigenvalue weighted by atomic mass is 10.0. The van der Waals surface area contributed by atoms with Crippen molar-refractivity contribution in [3.63, 3.8) is 0 Å². The van der Waals surface area contributed by atoms with Gasteiger partial charge in [-0.05, 0) is 63.2 Å². The number of aromatic nitrogens is 1. The van der Waals surface area contributed by atoms with Crippen LogP contribution < -0.4 is 20.3 Å². The number of rotatable bonds is 11. The van der Waals surface area contributed by atoms with Crippen molar-refractivity contribution >= 4 is 29.2 Å².